The minimum atomic E-state index is -0.587. The molecule has 1 aliphatic rings. The van der Waals surface area contributed by atoms with Gasteiger partial charge in [-0.05, 0) is 32.6 Å². The van der Waals surface area contributed by atoms with Crippen LogP contribution >= 0.6 is 0 Å². The van der Waals surface area contributed by atoms with Gasteiger partial charge in [-0.3, -0.25) is 9.78 Å². The molecule has 0 bridgehead atoms. The van der Waals surface area contributed by atoms with Gasteiger partial charge in [0.25, 0.3) is 5.56 Å². The minimum Gasteiger partial charge on any atom is -0.440 e. The SMILES string of the molecule is Cc1cc2c(c(=O)n1CCN(C)C)C(c1cccnc1)C(C#N)=C(N)O2. The summed E-state index contributed by atoms with van der Waals surface area (Å²) in [6, 6.07) is 7.51. The predicted octanol–water partition coefficient (Wildman–Crippen LogP) is 1.33. The molecule has 2 aromatic rings. The molecule has 1 unspecified atom stereocenters. The van der Waals surface area contributed by atoms with Crippen LogP contribution in [-0.2, 0) is 6.54 Å². The van der Waals surface area contributed by atoms with E-state index in [0.717, 1.165) is 17.8 Å². The number of nitriles is 1. The van der Waals surface area contributed by atoms with E-state index in [0.29, 0.717) is 17.9 Å². The van der Waals surface area contributed by atoms with Crippen molar-refractivity contribution >= 4 is 0 Å². The van der Waals surface area contributed by atoms with E-state index in [9.17, 15) is 10.1 Å². The van der Waals surface area contributed by atoms with E-state index in [2.05, 4.69) is 11.1 Å². The molecule has 0 spiro atoms. The van der Waals surface area contributed by atoms with Crippen LogP contribution in [0.3, 0.4) is 0 Å². The van der Waals surface area contributed by atoms with E-state index in [4.69, 9.17) is 10.5 Å². The van der Waals surface area contributed by atoms with Crippen LogP contribution in [0.25, 0.3) is 0 Å². The molecule has 2 aromatic heterocycles. The summed E-state index contributed by atoms with van der Waals surface area (Å²) < 4.78 is 7.33. The van der Waals surface area contributed by atoms with Gasteiger partial charge in [0, 0.05) is 37.2 Å². The molecule has 7 nitrogen and oxygen atoms in total. The molecule has 1 aliphatic heterocycles. The second-order valence-electron chi connectivity index (χ2n) is 6.53. The first-order valence-corrected chi connectivity index (χ1v) is 8.30. The van der Waals surface area contributed by atoms with Crippen LogP contribution in [0.5, 0.6) is 5.75 Å². The van der Waals surface area contributed by atoms with Gasteiger partial charge in [0.05, 0.1) is 11.5 Å². The molecule has 1 atom stereocenters. The Morgan fingerprint density at radius 1 is 1.46 bits per heavy atom. The van der Waals surface area contributed by atoms with Crippen LogP contribution in [0.15, 0.2) is 46.8 Å². The Balaban J connectivity index is 2.22. The quantitative estimate of drug-likeness (QED) is 0.892. The molecule has 26 heavy (non-hydrogen) atoms. The molecule has 3 heterocycles. The summed E-state index contributed by atoms with van der Waals surface area (Å²) in [6.45, 7) is 3.13. The summed E-state index contributed by atoms with van der Waals surface area (Å²) in [4.78, 5) is 19.4. The van der Waals surface area contributed by atoms with Crippen molar-refractivity contribution in [2.24, 2.45) is 5.73 Å². The highest BCUT2D eigenvalue weighted by Gasteiger charge is 2.34. The van der Waals surface area contributed by atoms with Crippen molar-refractivity contribution in [1.82, 2.24) is 14.5 Å². The van der Waals surface area contributed by atoms with Gasteiger partial charge in [-0.2, -0.15) is 5.26 Å². The lowest BCUT2D eigenvalue weighted by Crippen LogP contribution is -2.34. The Morgan fingerprint density at radius 3 is 2.85 bits per heavy atom. The van der Waals surface area contributed by atoms with E-state index >= 15 is 0 Å². The molecule has 3 rings (SSSR count). The number of aromatic nitrogens is 2. The van der Waals surface area contributed by atoms with Gasteiger partial charge in [0.1, 0.15) is 17.4 Å². The van der Waals surface area contributed by atoms with Crippen molar-refractivity contribution in [3.8, 4) is 11.8 Å². The molecule has 0 radical (unpaired) electrons. The van der Waals surface area contributed by atoms with Crippen molar-refractivity contribution in [3.63, 3.8) is 0 Å². The van der Waals surface area contributed by atoms with Gasteiger partial charge in [-0.25, -0.2) is 0 Å². The zero-order valence-electron chi connectivity index (χ0n) is 15.1. The van der Waals surface area contributed by atoms with Crippen LogP contribution in [0, 0.1) is 18.3 Å². The number of rotatable bonds is 4. The van der Waals surface area contributed by atoms with Gasteiger partial charge in [0.15, 0.2) is 0 Å². The fraction of sp³-hybridized carbons (Fsp3) is 0.316. The van der Waals surface area contributed by atoms with Crippen LogP contribution < -0.4 is 16.0 Å². The molecular weight excluding hydrogens is 330 g/mol. The summed E-state index contributed by atoms with van der Waals surface area (Å²) in [5, 5.41) is 9.61. The molecule has 2 N–H and O–H groups in total. The highest BCUT2D eigenvalue weighted by atomic mass is 16.5. The van der Waals surface area contributed by atoms with Gasteiger partial charge in [-0.1, -0.05) is 6.07 Å². The molecule has 0 saturated carbocycles. The average Bonchev–Trinajstić information content (AvgIpc) is 2.60. The lowest BCUT2D eigenvalue weighted by Gasteiger charge is -2.27. The second-order valence-corrected chi connectivity index (χ2v) is 6.53. The Kier molecular flexibility index (Phi) is 4.78. The number of hydrogen-bond donors (Lipinski definition) is 1. The first kappa shape index (κ1) is 17.7. The summed E-state index contributed by atoms with van der Waals surface area (Å²) in [7, 11) is 3.91. The normalized spacial score (nSPS) is 16.2. The maximum Gasteiger partial charge on any atom is 0.258 e. The topological polar surface area (TPSA) is 97.2 Å². The zero-order chi connectivity index (χ0) is 18.8. The minimum absolute atomic E-state index is 0.0266. The predicted molar refractivity (Wildman–Crippen MR) is 97.5 cm³/mol. The number of allylic oxidation sites excluding steroid dienone is 1. The number of nitrogens with zero attached hydrogens (tertiary/aromatic N) is 4. The number of ether oxygens (including phenoxy) is 1. The van der Waals surface area contributed by atoms with Crippen LogP contribution in [-0.4, -0.2) is 35.1 Å². The maximum absolute atomic E-state index is 13.3. The van der Waals surface area contributed by atoms with Crippen molar-refractivity contribution in [2.45, 2.75) is 19.4 Å². The van der Waals surface area contributed by atoms with Gasteiger partial charge >= 0.3 is 0 Å². The maximum atomic E-state index is 13.3. The monoisotopic (exact) mass is 351 g/mol. The third-order valence-electron chi connectivity index (χ3n) is 4.48. The Morgan fingerprint density at radius 2 is 2.23 bits per heavy atom. The van der Waals surface area contributed by atoms with E-state index in [1.807, 2.05) is 32.0 Å². The summed E-state index contributed by atoms with van der Waals surface area (Å²) in [5.74, 6) is -0.159. The second kappa shape index (κ2) is 7.02. The molecule has 134 valence electrons. The number of aryl methyl sites for hydroxylation is 1. The number of fused-ring (bicyclic) bond motifs is 1. The molecule has 0 saturated heterocycles. The highest BCUT2D eigenvalue weighted by molar-refractivity contribution is 5.54. The summed E-state index contributed by atoms with van der Waals surface area (Å²) in [5.41, 5.74) is 7.97. The Bertz CT molecular complexity index is 954. The molecule has 0 aliphatic carbocycles. The summed E-state index contributed by atoms with van der Waals surface area (Å²) in [6.07, 6.45) is 3.29. The fourth-order valence-electron chi connectivity index (χ4n) is 3.14. The van der Waals surface area contributed by atoms with E-state index in [1.165, 1.54) is 0 Å². The number of hydrogen-bond acceptors (Lipinski definition) is 6. The van der Waals surface area contributed by atoms with Crippen molar-refractivity contribution in [1.29, 1.82) is 5.26 Å². The summed E-state index contributed by atoms with van der Waals surface area (Å²) >= 11 is 0. The van der Waals surface area contributed by atoms with E-state index in [-0.39, 0.29) is 17.0 Å². The molecular formula is C19H21N5O2. The van der Waals surface area contributed by atoms with Gasteiger partial charge in [0.2, 0.25) is 5.88 Å². The molecule has 0 amide bonds. The highest BCUT2D eigenvalue weighted by Crippen LogP contribution is 2.40. The standard InChI is InChI=1S/C19H21N5O2/c1-12-9-15-17(19(25)24(12)8-7-23(2)3)16(13-5-4-6-22-11-13)14(10-20)18(21)26-15/h4-6,9,11,16H,7-8,21H2,1-3H3. The van der Waals surface area contributed by atoms with Gasteiger partial charge < -0.3 is 19.9 Å². The van der Waals surface area contributed by atoms with Crippen LogP contribution in [0.2, 0.25) is 0 Å². The van der Waals surface area contributed by atoms with Crippen molar-refractivity contribution < 1.29 is 4.74 Å². The van der Waals surface area contributed by atoms with E-state index in [1.54, 1.807) is 29.1 Å². The third kappa shape index (κ3) is 3.07. The van der Waals surface area contributed by atoms with Crippen molar-refractivity contribution in [2.75, 3.05) is 20.6 Å². The first-order valence-electron chi connectivity index (χ1n) is 8.30. The average molecular weight is 351 g/mol. The largest absolute Gasteiger partial charge is 0.440 e. The smallest absolute Gasteiger partial charge is 0.258 e. The number of pyridine rings is 2. The van der Waals surface area contributed by atoms with Crippen LogP contribution in [0.1, 0.15) is 22.7 Å². The number of nitrogens with two attached hydrogens (primary N) is 1. The zero-order valence-corrected chi connectivity index (χ0v) is 15.1. The third-order valence-corrected chi connectivity index (χ3v) is 4.48. The Hall–Kier alpha value is -3.11. The lowest BCUT2D eigenvalue weighted by atomic mass is 9.85. The van der Waals surface area contributed by atoms with Crippen LogP contribution in [0.4, 0.5) is 0 Å². The lowest BCUT2D eigenvalue weighted by molar-refractivity contribution is 0.369. The molecule has 0 aromatic carbocycles. The first-order chi connectivity index (χ1) is 12.4. The fourth-order valence-corrected chi connectivity index (χ4v) is 3.14. The van der Waals surface area contributed by atoms with Gasteiger partial charge in [-0.15, -0.1) is 0 Å². The molecule has 7 heteroatoms. The number of likely N-dealkylation sites (N-methyl/N-ethyl adjacent to an activating group) is 1. The van der Waals surface area contributed by atoms with E-state index < -0.39 is 5.92 Å². The van der Waals surface area contributed by atoms with Crippen molar-refractivity contribution in [3.05, 3.63) is 69.2 Å². The Labute approximate surface area is 151 Å². The molecule has 0 fully saturated rings.